The van der Waals surface area contributed by atoms with Gasteiger partial charge in [-0.25, -0.2) is 14.4 Å². The number of amides is 1. The van der Waals surface area contributed by atoms with E-state index >= 15 is 0 Å². The van der Waals surface area contributed by atoms with Gasteiger partial charge in [-0.1, -0.05) is 0 Å². The first-order valence-corrected chi connectivity index (χ1v) is 12.1. The van der Waals surface area contributed by atoms with Crippen LogP contribution >= 0.6 is 0 Å². The number of nitrogens with one attached hydrogen (secondary N) is 2. The zero-order valence-corrected chi connectivity index (χ0v) is 20.0. The number of hydrogen-bond acceptors (Lipinski definition) is 8. The van der Waals surface area contributed by atoms with Gasteiger partial charge in [0.15, 0.2) is 17.2 Å². The number of carbonyl (C=O) groups is 1. The Morgan fingerprint density at radius 2 is 1.86 bits per heavy atom. The van der Waals surface area contributed by atoms with E-state index in [1.165, 1.54) is 19.2 Å². The molecule has 1 aliphatic heterocycles. The Bertz CT molecular complexity index is 1250. The highest BCUT2D eigenvalue weighted by atomic mass is 19.2. The van der Waals surface area contributed by atoms with Crippen LogP contribution < -0.4 is 21.1 Å². The molecule has 0 atom stereocenters. The van der Waals surface area contributed by atoms with Gasteiger partial charge in [0.25, 0.3) is 0 Å². The quantitative estimate of drug-likeness (QED) is 0.447. The zero-order valence-electron chi connectivity index (χ0n) is 20.0. The largest absolute Gasteiger partial charge is 0.494 e. The molecule has 5 rings (SSSR count). The van der Waals surface area contributed by atoms with Crippen LogP contribution in [0.1, 0.15) is 44.6 Å². The van der Waals surface area contributed by atoms with Crippen LogP contribution in [-0.2, 0) is 9.53 Å². The van der Waals surface area contributed by atoms with Crippen molar-refractivity contribution in [3.63, 3.8) is 0 Å². The summed E-state index contributed by atoms with van der Waals surface area (Å²) in [5, 5.41) is 6.30. The van der Waals surface area contributed by atoms with Crippen LogP contribution in [0.5, 0.6) is 5.75 Å². The predicted octanol–water partition coefficient (Wildman–Crippen LogP) is 3.66. The second-order valence-corrected chi connectivity index (χ2v) is 9.22. The van der Waals surface area contributed by atoms with E-state index < -0.39 is 11.6 Å². The minimum Gasteiger partial charge on any atom is -0.494 e. The summed E-state index contributed by atoms with van der Waals surface area (Å²) in [6.45, 7) is 1.36. The summed E-state index contributed by atoms with van der Waals surface area (Å²) >= 11 is 0. The number of methoxy groups -OCH3 is 1. The highest BCUT2D eigenvalue weighted by Crippen LogP contribution is 2.37. The lowest BCUT2D eigenvalue weighted by Gasteiger charge is -2.29. The molecule has 0 spiro atoms. The fourth-order valence-electron chi connectivity index (χ4n) is 4.94. The first-order chi connectivity index (χ1) is 17.4. The molecule has 36 heavy (non-hydrogen) atoms. The smallest absolute Gasteiger partial charge is 0.224 e. The molecule has 1 amide bonds. The zero-order chi connectivity index (χ0) is 25.2. The third-order valence-electron chi connectivity index (χ3n) is 6.96. The molecule has 0 radical (unpaired) electrons. The van der Waals surface area contributed by atoms with Crippen molar-refractivity contribution in [3.8, 4) is 5.75 Å². The first-order valence-electron chi connectivity index (χ1n) is 12.1. The van der Waals surface area contributed by atoms with Gasteiger partial charge in [-0.2, -0.15) is 9.37 Å². The number of fused-ring (bicyclic) bond motifs is 1. The van der Waals surface area contributed by atoms with Gasteiger partial charge in [0.2, 0.25) is 23.6 Å². The van der Waals surface area contributed by atoms with E-state index in [1.807, 2.05) is 4.57 Å². The van der Waals surface area contributed by atoms with Crippen molar-refractivity contribution in [1.29, 1.82) is 0 Å². The van der Waals surface area contributed by atoms with Gasteiger partial charge in [0, 0.05) is 31.2 Å². The summed E-state index contributed by atoms with van der Waals surface area (Å²) in [7, 11) is 1.28. The van der Waals surface area contributed by atoms with Gasteiger partial charge in [-0.15, -0.1) is 0 Å². The molecule has 4 N–H and O–H groups in total. The van der Waals surface area contributed by atoms with Crippen LogP contribution in [0.3, 0.4) is 0 Å². The molecule has 1 saturated heterocycles. The van der Waals surface area contributed by atoms with E-state index in [4.69, 9.17) is 20.2 Å². The Labute approximate surface area is 206 Å². The van der Waals surface area contributed by atoms with E-state index in [2.05, 4.69) is 20.6 Å². The lowest BCUT2D eigenvalue weighted by Crippen LogP contribution is -2.29. The average Bonchev–Trinajstić information content (AvgIpc) is 3.24. The van der Waals surface area contributed by atoms with Crippen LogP contribution in [0.25, 0.3) is 11.2 Å². The van der Waals surface area contributed by atoms with Crippen molar-refractivity contribution in [2.45, 2.75) is 50.6 Å². The van der Waals surface area contributed by atoms with E-state index in [1.54, 1.807) is 6.20 Å². The molecule has 2 aromatic heterocycles. The SMILES string of the molecule is COc1ccc(Nc2nc3cnc(NC4CCOCC4)nc3n2[C@H]2CC[C@H](C(N)=O)CC2)c(F)c1F. The number of benzene rings is 1. The predicted molar refractivity (Wildman–Crippen MR) is 129 cm³/mol. The van der Waals surface area contributed by atoms with E-state index in [-0.39, 0.29) is 35.3 Å². The Morgan fingerprint density at radius 3 is 2.56 bits per heavy atom. The minimum atomic E-state index is -1.09. The summed E-state index contributed by atoms with van der Waals surface area (Å²) in [4.78, 5) is 25.5. The van der Waals surface area contributed by atoms with Gasteiger partial charge in [0.1, 0.15) is 5.52 Å². The Morgan fingerprint density at radius 1 is 1.11 bits per heavy atom. The number of nitrogens with zero attached hydrogens (tertiary/aromatic N) is 4. The molecule has 3 aromatic rings. The fourth-order valence-corrected chi connectivity index (χ4v) is 4.94. The summed E-state index contributed by atoms with van der Waals surface area (Å²) in [6, 6.07) is 2.88. The number of aromatic nitrogens is 4. The maximum absolute atomic E-state index is 14.8. The first kappa shape index (κ1) is 24.2. The number of imidazole rings is 1. The van der Waals surface area contributed by atoms with E-state index in [9.17, 15) is 13.6 Å². The van der Waals surface area contributed by atoms with Crippen LogP contribution in [-0.4, -0.2) is 51.8 Å². The lowest BCUT2D eigenvalue weighted by atomic mass is 9.85. The monoisotopic (exact) mass is 501 g/mol. The molecular formula is C24H29F2N7O3. The van der Waals surface area contributed by atoms with Crippen LogP contribution in [0.15, 0.2) is 18.3 Å². The number of rotatable bonds is 7. The number of primary amides is 1. The van der Waals surface area contributed by atoms with Gasteiger partial charge in [-0.05, 0) is 50.7 Å². The van der Waals surface area contributed by atoms with Gasteiger partial charge in [-0.3, -0.25) is 9.36 Å². The van der Waals surface area contributed by atoms with Crippen molar-refractivity contribution in [1.82, 2.24) is 19.5 Å². The molecule has 10 nitrogen and oxygen atoms in total. The molecule has 192 valence electrons. The van der Waals surface area contributed by atoms with Crippen molar-refractivity contribution >= 4 is 34.7 Å². The molecule has 2 fully saturated rings. The number of carbonyl (C=O) groups excluding carboxylic acids is 1. The molecule has 12 heteroatoms. The van der Waals surface area contributed by atoms with Crippen LogP contribution in [0, 0.1) is 17.6 Å². The van der Waals surface area contributed by atoms with Gasteiger partial charge >= 0.3 is 0 Å². The summed E-state index contributed by atoms with van der Waals surface area (Å²) in [5.74, 6) is -2.05. The van der Waals surface area contributed by atoms with Crippen molar-refractivity contribution < 1.29 is 23.0 Å². The van der Waals surface area contributed by atoms with Crippen molar-refractivity contribution in [2.24, 2.45) is 11.7 Å². The molecular weight excluding hydrogens is 472 g/mol. The molecule has 3 heterocycles. The molecule has 1 saturated carbocycles. The molecule has 1 aliphatic carbocycles. The van der Waals surface area contributed by atoms with E-state index in [0.717, 1.165) is 12.8 Å². The number of nitrogens with two attached hydrogens (primary N) is 1. The Kier molecular flexibility index (Phi) is 6.86. The van der Waals surface area contributed by atoms with Crippen LogP contribution in [0.2, 0.25) is 0 Å². The van der Waals surface area contributed by atoms with Gasteiger partial charge in [0.05, 0.1) is 19.0 Å². The number of hydrogen-bond donors (Lipinski definition) is 3. The Hall–Kier alpha value is -3.54. The second kappa shape index (κ2) is 10.2. The maximum atomic E-state index is 14.8. The Balaban J connectivity index is 1.51. The lowest BCUT2D eigenvalue weighted by molar-refractivity contribution is -0.122. The summed E-state index contributed by atoms with van der Waals surface area (Å²) in [6.07, 6.45) is 5.91. The summed E-state index contributed by atoms with van der Waals surface area (Å²) in [5.41, 5.74) is 6.53. The fraction of sp³-hybridized carbons (Fsp3) is 0.500. The van der Waals surface area contributed by atoms with E-state index in [0.29, 0.717) is 62.0 Å². The van der Waals surface area contributed by atoms with Crippen LogP contribution in [0.4, 0.5) is 26.4 Å². The molecule has 1 aromatic carbocycles. The average molecular weight is 502 g/mol. The number of halogens is 2. The maximum Gasteiger partial charge on any atom is 0.224 e. The third kappa shape index (κ3) is 4.77. The van der Waals surface area contributed by atoms with Crippen molar-refractivity contribution in [3.05, 3.63) is 30.0 Å². The highest BCUT2D eigenvalue weighted by molar-refractivity contribution is 5.78. The third-order valence-corrected chi connectivity index (χ3v) is 6.96. The molecule has 0 unspecified atom stereocenters. The number of ether oxygens (including phenoxy) is 2. The molecule has 2 aliphatic rings. The highest BCUT2D eigenvalue weighted by Gasteiger charge is 2.30. The topological polar surface area (TPSA) is 129 Å². The van der Waals surface area contributed by atoms with Crippen molar-refractivity contribution in [2.75, 3.05) is 31.0 Å². The molecule has 0 bridgehead atoms. The normalized spacial score (nSPS) is 20.9. The number of anilines is 3. The van der Waals surface area contributed by atoms with Gasteiger partial charge < -0.3 is 25.8 Å². The second-order valence-electron chi connectivity index (χ2n) is 9.22. The standard InChI is InChI=1S/C24H29F2N7O3/c1-35-18-7-6-16(19(25)20(18)26)30-24-31-17-12-28-23(29-14-8-10-36-11-9-14)32-22(17)33(24)15-4-2-13(3-5-15)21(27)34/h6-7,12-15H,2-5,8-11H2,1H3,(H2,27,34)(H,30,31)(H,28,29,32)/t13-,15-. The summed E-state index contributed by atoms with van der Waals surface area (Å²) < 4.78 is 41.3. The minimum absolute atomic E-state index is 0.0647.